The minimum absolute atomic E-state index is 0.435. The van der Waals surface area contributed by atoms with Gasteiger partial charge in [-0.05, 0) is 44.2 Å². The van der Waals surface area contributed by atoms with Crippen LogP contribution >= 0.6 is 12.2 Å². The van der Waals surface area contributed by atoms with Crippen molar-refractivity contribution in [3.63, 3.8) is 0 Å². The van der Waals surface area contributed by atoms with Gasteiger partial charge in [0.15, 0.2) is 0 Å². The van der Waals surface area contributed by atoms with Crippen molar-refractivity contribution in [3.05, 3.63) is 23.4 Å². The van der Waals surface area contributed by atoms with E-state index in [1.807, 2.05) is 19.1 Å². The summed E-state index contributed by atoms with van der Waals surface area (Å²) in [7, 11) is 0. The number of pyridine rings is 1. The molecule has 1 aliphatic rings. The number of aryl methyl sites for hydroxylation is 1. The van der Waals surface area contributed by atoms with Crippen LogP contribution in [0.25, 0.3) is 0 Å². The summed E-state index contributed by atoms with van der Waals surface area (Å²) in [6, 6.07) is 4.42. The zero-order chi connectivity index (χ0) is 14.5. The highest BCUT2D eigenvalue weighted by Crippen LogP contribution is 2.29. The van der Waals surface area contributed by atoms with Gasteiger partial charge in [0, 0.05) is 17.3 Å². The van der Waals surface area contributed by atoms with Crippen molar-refractivity contribution < 1.29 is 0 Å². The Hall–Kier alpha value is -1.16. The van der Waals surface area contributed by atoms with E-state index >= 15 is 0 Å². The molecule has 1 unspecified atom stereocenters. The van der Waals surface area contributed by atoms with Crippen molar-refractivity contribution in [1.29, 1.82) is 0 Å². The van der Waals surface area contributed by atoms with E-state index in [4.69, 9.17) is 18.0 Å². The topological polar surface area (TPSA) is 50.9 Å². The fourth-order valence-corrected chi connectivity index (χ4v) is 3.28. The molecule has 0 spiro atoms. The number of anilines is 1. The van der Waals surface area contributed by atoms with E-state index in [0.29, 0.717) is 11.0 Å². The third-order valence-corrected chi connectivity index (χ3v) is 4.47. The highest BCUT2D eigenvalue weighted by molar-refractivity contribution is 7.80. The van der Waals surface area contributed by atoms with Gasteiger partial charge in [0.25, 0.3) is 0 Å². The van der Waals surface area contributed by atoms with Gasteiger partial charge < -0.3 is 11.1 Å². The lowest BCUT2D eigenvalue weighted by Crippen LogP contribution is -2.30. The molecule has 4 heteroatoms. The SMILES string of the molecule is CCC(Nc1cc(C(N)=S)cc(C)n1)C1CCCCC1. The van der Waals surface area contributed by atoms with Crippen molar-refractivity contribution in [2.45, 2.75) is 58.4 Å². The van der Waals surface area contributed by atoms with E-state index in [1.54, 1.807) is 0 Å². The van der Waals surface area contributed by atoms with Crippen LogP contribution in [0.1, 0.15) is 56.7 Å². The maximum absolute atomic E-state index is 5.73. The van der Waals surface area contributed by atoms with E-state index in [0.717, 1.165) is 29.4 Å². The van der Waals surface area contributed by atoms with Crippen LogP contribution in [-0.2, 0) is 0 Å². The normalized spacial score (nSPS) is 17.7. The molecule has 1 aromatic heterocycles. The van der Waals surface area contributed by atoms with Gasteiger partial charge >= 0.3 is 0 Å². The third kappa shape index (κ3) is 3.92. The molecule has 3 nitrogen and oxygen atoms in total. The van der Waals surface area contributed by atoms with Crippen LogP contribution in [0, 0.1) is 12.8 Å². The molecule has 0 aliphatic heterocycles. The second-order valence-corrected chi connectivity index (χ2v) is 6.24. The second kappa shape index (κ2) is 7.02. The van der Waals surface area contributed by atoms with E-state index in [9.17, 15) is 0 Å². The Balaban J connectivity index is 2.12. The number of nitrogens with two attached hydrogens (primary N) is 1. The maximum Gasteiger partial charge on any atom is 0.127 e. The monoisotopic (exact) mass is 291 g/mol. The Bertz CT molecular complexity index is 467. The summed E-state index contributed by atoms with van der Waals surface area (Å²) in [5.41, 5.74) is 7.59. The van der Waals surface area contributed by atoms with Gasteiger partial charge in [-0.1, -0.05) is 38.4 Å². The molecule has 0 radical (unpaired) electrons. The summed E-state index contributed by atoms with van der Waals surface area (Å²) < 4.78 is 0. The van der Waals surface area contributed by atoms with Crippen molar-refractivity contribution in [2.75, 3.05) is 5.32 Å². The predicted octanol–water partition coefficient (Wildman–Crippen LogP) is 3.80. The summed E-state index contributed by atoms with van der Waals surface area (Å²) in [5, 5.41) is 3.61. The second-order valence-electron chi connectivity index (χ2n) is 5.80. The molecule has 1 aromatic rings. The third-order valence-electron chi connectivity index (χ3n) is 4.23. The smallest absolute Gasteiger partial charge is 0.127 e. The largest absolute Gasteiger partial charge is 0.389 e. The molecule has 0 saturated heterocycles. The molecule has 0 amide bonds. The van der Waals surface area contributed by atoms with Crippen LogP contribution in [0.15, 0.2) is 12.1 Å². The lowest BCUT2D eigenvalue weighted by molar-refractivity contribution is 0.312. The van der Waals surface area contributed by atoms with Gasteiger partial charge in [-0.15, -0.1) is 0 Å². The van der Waals surface area contributed by atoms with Crippen LogP contribution in [0.4, 0.5) is 5.82 Å². The Morgan fingerprint density at radius 3 is 2.70 bits per heavy atom. The molecule has 1 atom stereocenters. The molecule has 1 saturated carbocycles. The van der Waals surface area contributed by atoms with E-state index in [2.05, 4.69) is 17.2 Å². The minimum Gasteiger partial charge on any atom is -0.389 e. The van der Waals surface area contributed by atoms with Crippen molar-refractivity contribution in [3.8, 4) is 0 Å². The zero-order valence-corrected chi connectivity index (χ0v) is 13.3. The Labute approximate surface area is 127 Å². The van der Waals surface area contributed by atoms with Crippen LogP contribution in [0.5, 0.6) is 0 Å². The molecule has 110 valence electrons. The number of aromatic nitrogens is 1. The van der Waals surface area contributed by atoms with Crippen LogP contribution in [0.2, 0.25) is 0 Å². The first kappa shape index (κ1) is 15.2. The Kier molecular flexibility index (Phi) is 5.35. The van der Waals surface area contributed by atoms with Gasteiger partial charge in [0.2, 0.25) is 0 Å². The number of nitrogens with one attached hydrogen (secondary N) is 1. The quantitative estimate of drug-likeness (QED) is 0.810. The highest BCUT2D eigenvalue weighted by Gasteiger charge is 2.22. The van der Waals surface area contributed by atoms with Crippen LogP contribution < -0.4 is 11.1 Å². The number of nitrogens with zero attached hydrogens (tertiary/aromatic N) is 1. The molecule has 1 fully saturated rings. The first-order chi connectivity index (χ1) is 9.60. The number of rotatable bonds is 5. The van der Waals surface area contributed by atoms with Gasteiger partial charge in [-0.3, -0.25) is 0 Å². The summed E-state index contributed by atoms with van der Waals surface area (Å²) >= 11 is 5.07. The first-order valence-corrected chi connectivity index (χ1v) is 8.06. The predicted molar refractivity (Wildman–Crippen MR) is 89.1 cm³/mol. The number of hydrogen-bond acceptors (Lipinski definition) is 3. The fourth-order valence-electron chi connectivity index (χ4n) is 3.16. The molecule has 1 heterocycles. The number of thiocarbonyl (C=S) groups is 1. The highest BCUT2D eigenvalue weighted by atomic mass is 32.1. The van der Waals surface area contributed by atoms with E-state index in [1.165, 1.54) is 32.1 Å². The Morgan fingerprint density at radius 1 is 1.40 bits per heavy atom. The fraction of sp³-hybridized carbons (Fsp3) is 0.625. The van der Waals surface area contributed by atoms with Gasteiger partial charge in [-0.25, -0.2) is 4.98 Å². The summed E-state index contributed by atoms with van der Waals surface area (Å²) in [6.07, 6.45) is 7.91. The maximum atomic E-state index is 5.73. The minimum atomic E-state index is 0.435. The van der Waals surface area contributed by atoms with Crippen LogP contribution in [-0.4, -0.2) is 16.0 Å². The lowest BCUT2D eigenvalue weighted by Gasteiger charge is -2.30. The van der Waals surface area contributed by atoms with Crippen molar-refractivity contribution in [1.82, 2.24) is 4.98 Å². The summed E-state index contributed by atoms with van der Waals surface area (Å²) in [5.74, 6) is 1.68. The Morgan fingerprint density at radius 2 is 2.10 bits per heavy atom. The molecule has 20 heavy (non-hydrogen) atoms. The zero-order valence-electron chi connectivity index (χ0n) is 12.5. The molecule has 2 rings (SSSR count). The molecular formula is C16H25N3S. The van der Waals surface area contributed by atoms with Gasteiger partial charge in [-0.2, -0.15) is 0 Å². The molecule has 0 bridgehead atoms. The summed E-state index contributed by atoms with van der Waals surface area (Å²) in [6.45, 7) is 4.23. The van der Waals surface area contributed by atoms with E-state index in [-0.39, 0.29) is 0 Å². The average molecular weight is 291 g/mol. The van der Waals surface area contributed by atoms with Gasteiger partial charge in [0.05, 0.1) is 0 Å². The van der Waals surface area contributed by atoms with E-state index < -0.39 is 0 Å². The summed E-state index contributed by atoms with van der Waals surface area (Å²) in [4.78, 5) is 5.01. The van der Waals surface area contributed by atoms with Gasteiger partial charge in [0.1, 0.15) is 10.8 Å². The molecule has 3 N–H and O–H groups in total. The lowest BCUT2D eigenvalue weighted by atomic mass is 9.83. The number of hydrogen-bond donors (Lipinski definition) is 2. The van der Waals surface area contributed by atoms with Crippen molar-refractivity contribution >= 4 is 23.0 Å². The first-order valence-electron chi connectivity index (χ1n) is 7.65. The standard InChI is InChI=1S/C16H25N3S/c1-3-14(12-7-5-4-6-8-12)19-15-10-13(16(17)20)9-11(2)18-15/h9-10,12,14H,3-8H2,1-2H3,(H2,17,20)(H,18,19). The average Bonchev–Trinajstić information content (AvgIpc) is 2.45. The van der Waals surface area contributed by atoms with Crippen LogP contribution in [0.3, 0.4) is 0 Å². The molecule has 1 aliphatic carbocycles. The molecular weight excluding hydrogens is 266 g/mol. The van der Waals surface area contributed by atoms with Crippen molar-refractivity contribution in [2.24, 2.45) is 11.7 Å². The molecule has 0 aromatic carbocycles.